The SMILES string of the molecule is CCCCOS(=O)(=O)c1ccc(N2CCCC2=O)cc1. The zero-order valence-electron chi connectivity index (χ0n) is 11.5. The Labute approximate surface area is 119 Å². The molecule has 1 heterocycles. The average molecular weight is 297 g/mol. The van der Waals surface area contributed by atoms with Gasteiger partial charge in [0.25, 0.3) is 10.1 Å². The number of rotatable bonds is 6. The van der Waals surface area contributed by atoms with Crippen molar-refractivity contribution < 1.29 is 17.4 Å². The topological polar surface area (TPSA) is 63.7 Å². The van der Waals surface area contributed by atoms with Gasteiger partial charge in [0, 0.05) is 18.7 Å². The van der Waals surface area contributed by atoms with E-state index < -0.39 is 10.1 Å². The first kappa shape index (κ1) is 15.0. The molecule has 20 heavy (non-hydrogen) atoms. The maximum absolute atomic E-state index is 11.9. The van der Waals surface area contributed by atoms with Crippen LogP contribution in [0.1, 0.15) is 32.6 Å². The van der Waals surface area contributed by atoms with Gasteiger partial charge in [-0.25, -0.2) is 0 Å². The Kier molecular flexibility index (Phi) is 4.77. The van der Waals surface area contributed by atoms with Gasteiger partial charge in [0.15, 0.2) is 0 Å². The van der Waals surface area contributed by atoms with Crippen LogP contribution >= 0.6 is 0 Å². The van der Waals surface area contributed by atoms with Crippen molar-refractivity contribution in [2.45, 2.75) is 37.5 Å². The zero-order valence-corrected chi connectivity index (χ0v) is 12.4. The van der Waals surface area contributed by atoms with E-state index in [1.807, 2.05) is 6.92 Å². The van der Waals surface area contributed by atoms with Gasteiger partial charge in [0.05, 0.1) is 11.5 Å². The number of anilines is 1. The molecule has 0 aromatic heterocycles. The second kappa shape index (κ2) is 6.37. The molecule has 0 saturated carbocycles. The minimum Gasteiger partial charge on any atom is -0.312 e. The summed E-state index contributed by atoms with van der Waals surface area (Å²) < 4.78 is 28.7. The van der Waals surface area contributed by atoms with Crippen LogP contribution in [0.25, 0.3) is 0 Å². The lowest BCUT2D eigenvalue weighted by molar-refractivity contribution is -0.117. The van der Waals surface area contributed by atoms with E-state index in [9.17, 15) is 13.2 Å². The van der Waals surface area contributed by atoms with E-state index in [2.05, 4.69) is 0 Å². The van der Waals surface area contributed by atoms with E-state index in [1.165, 1.54) is 12.1 Å². The second-order valence-corrected chi connectivity index (χ2v) is 6.39. The summed E-state index contributed by atoms with van der Waals surface area (Å²) in [5.74, 6) is 0.0832. The first-order chi connectivity index (χ1) is 9.54. The third-order valence-corrected chi connectivity index (χ3v) is 4.57. The molecule has 0 spiro atoms. The van der Waals surface area contributed by atoms with Crippen LogP contribution in [-0.4, -0.2) is 27.5 Å². The van der Waals surface area contributed by atoms with Crippen molar-refractivity contribution in [3.05, 3.63) is 24.3 Å². The number of nitrogens with zero attached hydrogens (tertiary/aromatic N) is 1. The van der Waals surface area contributed by atoms with Crippen molar-refractivity contribution in [1.82, 2.24) is 0 Å². The fourth-order valence-corrected chi connectivity index (χ4v) is 3.04. The van der Waals surface area contributed by atoms with Gasteiger partial charge in [-0.1, -0.05) is 13.3 Å². The molecule has 0 N–H and O–H groups in total. The Morgan fingerprint density at radius 1 is 1.25 bits per heavy atom. The molecule has 1 saturated heterocycles. The number of hydrogen-bond donors (Lipinski definition) is 0. The van der Waals surface area contributed by atoms with Crippen LogP contribution in [0, 0.1) is 0 Å². The Hall–Kier alpha value is -1.40. The lowest BCUT2D eigenvalue weighted by Crippen LogP contribution is -2.23. The summed E-state index contributed by atoms with van der Waals surface area (Å²) in [6, 6.07) is 6.28. The highest BCUT2D eigenvalue weighted by molar-refractivity contribution is 7.86. The highest BCUT2D eigenvalue weighted by atomic mass is 32.2. The molecule has 6 heteroatoms. The van der Waals surface area contributed by atoms with Gasteiger partial charge in [-0.3, -0.25) is 8.98 Å². The number of unbranched alkanes of at least 4 members (excludes halogenated alkanes) is 1. The van der Waals surface area contributed by atoms with Crippen molar-refractivity contribution in [3.8, 4) is 0 Å². The normalized spacial score (nSPS) is 15.8. The van der Waals surface area contributed by atoms with Gasteiger partial charge < -0.3 is 4.90 Å². The highest BCUT2D eigenvalue weighted by Gasteiger charge is 2.22. The third kappa shape index (κ3) is 3.37. The molecule has 1 aromatic carbocycles. The molecule has 0 radical (unpaired) electrons. The molecule has 1 amide bonds. The minimum atomic E-state index is -3.69. The molecule has 1 fully saturated rings. The van der Waals surface area contributed by atoms with Crippen LogP contribution in [0.4, 0.5) is 5.69 Å². The molecule has 1 aliphatic rings. The van der Waals surface area contributed by atoms with Crippen LogP contribution in [0.2, 0.25) is 0 Å². The van der Waals surface area contributed by atoms with Crippen LogP contribution < -0.4 is 4.90 Å². The Balaban J connectivity index is 2.09. The Morgan fingerprint density at radius 2 is 1.95 bits per heavy atom. The Morgan fingerprint density at radius 3 is 2.50 bits per heavy atom. The molecule has 110 valence electrons. The summed E-state index contributed by atoms with van der Waals surface area (Å²) in [4.78, 5) is 13.4. The molecule has 0 aliphatic carbocycles. The molecule has 5 nitrogen and oxygen atoms in total. The molecule has 2 rings (SSSR count). The van der Waals surface area contributed by atoms with Crippen molar-refractivity contribution in [2.24, 2.45) is 0 Å². The van der Waals surface area contributed by atoms with Crippen molar-refractivity contribution in [3.63, 3.8) is 0 Å². The highest BCUT2D eigenvalue weighted by Crippen LogP contribution is 2.23. The van der Waals surface area contributed by atoms with E-state index >= 15 is 0 Å². The summed E-state index contributed by atoms with van der Waals surface area (Å²) in [6.45, 7) is 2.86. The van der Waals surface area contributed by atoms with Crippen molar-refractivity contribution in [2.75, 3.05) is 18.1 Å². The molecular formula is C14H19NO4S. The predicted molar refractivity (Wildman–Crippen MR) is 76.1 cm³/mol. The summed E-state index contributed by atoms with van der Waals surface area (Å²) in [5.41, 5.74) is 0.736. The van der Waals surface area contributed by atoms with E-state index in [0.717, 1.165) is 18.5 Å². The lowest BCUT2D eigenvalue weighted by atomic mass is 10.3. The fourth-order valence-electron chi connectivity index (χ4n) is 2.09. The van der Waals surface area contributed by atoms with Crippen molar-refractivity contribution >= 4 is 21.7 Å². The molecule has 1 aliphatic heterocycles. The number of amides is 1. The molecular weight excluding hydrogens is 278 g/mol. The van der Waals surface area contributed by atoms with E-state index in [0.29, 0.717) is 19.4 Å². The van der Waals surface area contributed by atoms with Crippen LogP contribution in [-0.2, 0) is 19.1 Å². The monoisotopic (exact) mass is 297 g/mol. The van der Waals surface area contributed by atoms with Gasteiger partial charge >= 0.3 is 0 Å². The average Bonchev–Trinajstić information content (AvgIpc) is 2.85. The largest absolute Gasteiger partial charge is 0.312 e. The van der Waals surface area contributed by atoms with Gasteiger partial charge in [-0.15, -0.1) is 0 Å². The van der Waals surface area contributed by atoms with Gasteiger partial charge in [0.1, 0.15) is 0 Å². The summed E-state index contributed by atoms with van der Waals surface area (Å²) in [5, 5.41) is 0. The smallest absolute Gasteiger partial charge is 0.296 e. The number of benzene rings is 1. The molecule has 1 aromatic rings. The van der Waals surface area contributed by atoms with Crippen LogP contribution in [0.5, 0.6) is 0 Å². The van der Waals surface area contributed by atoms with E-state index in [4.69, 9.17) is 4.18 Å². The molecule has 0 atom stereocenters. The number of carbonyl (C=O) groups excluding carboxylic acids is 1. The summed E-state index contributed by atoms with van der Waals surface area (Å²) in [6.07, 6.45) is 2.99. The third-order valence-electron chi connectivity index (χ3n) is 3.25. The van der Waals surface area contributed by atoms with Gasteiger partial charge in [-0.05, 0) is 37.1 Å². The quantitative estimate of drug-likeness (QED) is 0.597. The summed E-state index contributed by atoms with van der Waals surface area (Å²) >= 11 is 0. The Bertz CT molecular complexity index is 565. The van der Waals surface area contributed by atoms with Crippen LogP contribution in [0.15, 0.2) is 29.2 Å². The zero-order chi connectivity index (χ0) is 14.6. The maximum Gasteiger partial charge on any atom is 0.296 e. The summed E-state index contributed by atoms with van der Waals surface area (Å²) in [7, 11) is -3.69. The first-order valence-electron chi connectivity index (χ1n) is 6.84. The maximum atomic E-state index is 11.9. The predicted octanol–water partition coefficient (Wildman–Crippen LogP) is 2.32. The second-order valence-electron chi connectivity index (χ2n) is 4.77. The standard InChI is InChI=1S/C14H19NO4S/c1-2-3-11-19-20(17,18)13-8-6-12(7-9-13)15-10-4-5-14(15)16/h6-9H,2-5,10-11H2,1H3. The minimum absolute atomic E-state index is 0.0832. The van der Waals surface area contributed by atoms with Crippen LogP contribution in [0.3, 0.4) is 0 Å². The number of carbonyl (C=O) groups is 1. The molecule has 0 unspecified atom stereocenters. The molecule has 0 bridgehead atoms. The van der Waals surface area contributed by atoms with Gasteiger partial charge in [0.2, 0.25) is 5.91 Å². The van der Waals surface area contributed by atoms with Crippen molar-refractivity contribution in [1.29, 1.82) is 0 Å². The fraction of sp³-hybridized carbons (Fsp3) is 0.500. The van der Waals surface area contributed by atoms with E-state index in [1.54, 1.807) is 17.0 Å². The number of hydrogen-bond acceptors (Lipinski definition) is 4. The first-order valence-corrected chi connectivity index (χ1v) is 8.25. The van der Waals surface area contributed by atoms with Gasteiger partial charge in [-0.2, -0.15) is 8.42 Å². The van der Waals surface area contributed by atoms with E-state index in [-0.39, 0.29) is 17.4 Å². The lowest BCUT2D eigenvalue weighted by Gasteiger charge is -2.15.